The number of guanidine groups is 1. The maximum atomic E-state index is 13.5. The Morgan fingerprint density at radius 2 is 2.18 bits per heavy atom. The summed E-state index contributed by atoms with van der Waals surface area (Å²) < 4.78 is 24.8. The van der Waals surface area contributed by atoms with Crippen molar-refractivity contribution in [2.75, 3.05) is 51.9 Å². The minimum atomic E-state index is -0.198. The second-order valence-electron chi connectivity index (χ2n) is 7.33. The molecule has 8 heteroatoms. The van der Waals surface area contributed by atoms with E-state index in [1.807, 2.05) is 6.07 Å². The molecule has 0 saturated carbocycles. The molecule has 158 valence electrons. The number of benzene rings is 1. The molecule has 0 amide bonds. The van der Waals surface area contributed by atoms with Crippen molar-refractivity contribution in [1.82, 2.24) is 10.6 Å². The predicted molar refractivity (Wildman–Crippen MR) is 121 cm³/mol. The molecule has 6 nitrogen and oxygen atoms in total. The Hall–Kier alpha value is -1.13. The van der Waals surface area contributed by atoms with Crippen LogP contribution in [0.4, 0.5) is 10.1 Å². The minimum Gasteiger partial charge on any atom is -0.381 e. The molecule has 1 unspecified atom stereocenters. The summed E-state index contributed by atoms with van der Waals surface area (Å²) in [5, 5.41) is 6.94. The molecule has 2 fully saturated rings. The van der Waals surface area contributed by atoms with Crippen LogP contribution >= 0.6 is 24.0 Å². The molecular formula is C20H32FIN4O2. The summed E-state index contributed by atoms with van der Waals surface area (Å²) in [6.07, 6.45) is 3.88. The zero-order chi connectivity index (χ0) is 19.1. The monoisotopic (exact) mass is 506 g/mol. The van der Waals surface area contributed by atoms with Gasteiger partial charge < -0.3 is 25.0 Å². The van der Waals surface area contributed by atoms with Gasteiger partial charge in [-0.3, -0.25) is 4.99 Å². The molecule has 0 bridgehead atoms. The van der Waals surface area contributed by atoms with Crippen LogP contribution in [0.3, 0.4) is 0 Å². The summed E-state index contributed by atoms with van der Waals surface area (Å²) in [6, 6.07) is 7.08. The first-order chi connectivity index (χ1) is 13.1. The maximum absolute atomic E-state index is 13.5. The van der Waals surface area contributed by atoms with Crippen LogP contribution in [0.25, 0.3) is 0 Å². The summed E-state index contributed by atoms with van der Waals surface area (Å²) in [5.74, 6) is 0.588. The van der Waals surface area contributed by atoms with Gasteiger partial charge in [0.15, 0.2) is 5.96 Å². The minimum absolute atomic E-state index is 0. The molecule has 28 heavy (non-hydrogen) atoms. The van der Waals surface area contributed by atoms with Gasteiger partial charge in [0.05, 0.1) is 5.60 Å². The summed E-state index contributed by atoms with van der Waals surface area (Å²) in [4.78, 5) is 6.60. The first-order valence-electron chi connectivity index (χ1n) is 9.75. The fourth-order valence-electron chi connectivity index (χ4n) is 3.83. The third-order valence-electron chi connectivity index (χ3n) is 5.57. The Kier molecular flexibility index (Phi) is 9.23. The van der Waals surface area contributed by atoms with E-state index in [0.29, 0.717) is 6.54 Å². The van der Waals surface area contributed by atoms with E-state index < -0.39 is 0 Å². The Bertz CT molecular complexity index is 640. The van der Waals surface area contributed by atoms with Crippen LogP contribution in [-0.4, -0.2) is 64.6 Å². The van der Waals surface area contributed by atoms with Crippen molar-refractivity contribution in [2.24, 2.45) is 4.99 Å². The number of anilines is 1. The highest BCUT2D eigenvalue weighted by Crippen LogP contribution is 2.24. The molecule has 1 aromatic rings. The number of aliphatic imine (C=N–C) groups is 1. The van der Waals surface area contributed by atoms with Crippen molar-refractivity contribution in [1.29, 1.82) is 0 Å². The largest absolute Gasteiger partial charge is 0.381 e. The van der Waals surface area contributed by atoms with Crippen molar-refractivity contribution in [2.45, 2.75) is 37.3 Å². The first-order valence-corrected chi connectivity index (χ1v) is 9.75. The molecule has 2 N–H and O–H groups in total. The zero-order valence-electron chi connectivity index (χ0n) is 16.7. The SMILES string of the molecule is CN=C(NCC1(OC)CCOCC1)NC1CCCN(c2cccc(F)c2)C1.I. The molecule has 1 aromatic carbocycles. The highest BCUT2D eigenvalue weighted by Gasteiger charge is 2.32. The van der Waals surface area contributed by atoms with E-state index in [4.69, 9.17) is 9.47 Å². The van der Waals surface area contributed by atoms with Crippen LogP contribution in [0, 0.1) is 5.82 Å². The molecule has 0 radical (unpaired) electrons. The van der Waals surface area contributed by atoms with Crippen LogP contribution < -0.4 is 15.5 Å². The lowest BCUT2D eigenvalue weighted by Crippen LogP contribution is -2.55. The lowest BCUT2D eigenvalue weighted by molar-refractivity contribution is -0.0855. The topological polar surface area (TPSA) is 58.1 Å². The predicted octanol–water partition coefficient (Wildman–Crippen LogP) is 2.77. The molecule has 1 atom stereocenters. The number of ether oxygens (including phenoxy) is 2. The van der Waals surface area contributed by atoms with Crippen molar-refractivity contribution in [3.8, 4) is 0 Å². The Morgan fingerprint density at radius 3 is 2.86 bits per heavy atom. The van der Waals surface area contributed by atoms with Gasteiger partial charge in [0, 0.05) is 71.6 Å². The summed E-state index contributed by atoms with van der Waals surface area (Å²) in [7, 11) is 3.55. The number of rotatable bonds is 5. The Balaban J connectivity index is 0.00000280. The number of hydrogen-bond donors (Lipinski definition) is 2. The number of piperidine rings is 1. The van der Waals surface area contributed by atoms with Gasteiger partial charge in [-0.25, -0.2) is 4.39 Å². The number of halogens is 2. The molecule has 0 spiro atoms. The molecule has 2 aliphatic heterocycles. The van der Waals surface area contributed by atoms with Gasteiger partial charge in [-0.1, -0.05) is 6.07 Å². The number of nitrogens with one attached hydrogen (secondary N) is 2. The van der Waals surface area contributed by atoms with Crippen molar-refractivity contribution >= 4 is 35.6 Å². The quantitative estimate of drug-likeness (QED) is 0.366. The van der Waals surface area contributed by atoms with E-state index in [-0.39, 0.29) is 41.4 Å². The van der Waals surface area contributed by atoms with Gasteiger partial charge in [0.1, 0.15) is 5.82 Å². The second-order valence-corrected chi connectivity index (χ2v) is 7.33. The average Bonchev–Trinajstić information content (AvgIpc) is 2.72. The molecule has 3 rings (SSSR count). The van der Waals surface area contributed by atoms with Crippen molar-refractivity contribution in [3.05, 3.63) is 30.1 Å². The standard InChI is InChI=1S/C20H31FN4O2.HI/c1-22-19(23-15-20(26-2)8-11-27-12-9-20)24-17-6-4-10-25(14-17)18-7-3-5-16(21)13-18;/h3,5,7,13,17H,4,6,8-12,14-15H2,1-2H3,(H2,22,23,24);1H. The van der Waals surface area contributed by atoms with Crippen molar-refractivity contribution < 1.29 is 13.9 Å². The fraction of sp³-hybridized carbons (Fsp3) is 0.650. The molecule has 0 aromatic heterocycles. The number of nitrogens with zero attached hydrogens (tertiary/aromatic N) is 2. The maximum Gasteiger partial charge on any atom is 0.191 e. The van der Waals surface area contributed by atoms with Gasteiger partial charge >= 0.3 is 0 Å². The number of methoxy groups -OCH3 is 1. The first kappa shape index (κ1) is 23.2. The van der Waals surface area contributed by atoms with E-state index in [2.05, 4.69) is 20.5 Å². The average molecular weight is 506 g/mol. The van der Waals surface area contributed by atoms with Gasteiger partial charge in [0.25, 0.3) is 0 Å². The normalized spacial score (nSPS) is 22.3. The lowest BCUT2D eigenvalue weighted by atomic mass is 9.94. The molecule has 2 saturated heterocycles. The Morgan fingerprint density at radius 1 is 1.39 bits per heavy atom. The highest BCUT2D eigenvalue weighted by atomic mass is 127. The van der Waals surface area contributed by atoms with Crippen LogP contribution in [-0.2, 0) is 9.47 Å². The smallest absolute Gasteiger partial charge is 0.191 e. The third kappa shape index (κ3) is 6.18. The van der Waals surface area contributed by atoms with E-state index in [9.17, 15) is 4.39 Å². The van der Waals surface area contributed by atoms with Crippen LogP contribution in [0.2, 0.25) is 0 Å². The van der Waals surface area contributed by atoms with Gasteiger partial charge in [0.2, 0.25) is 0 Å². The molecule has 2 heterocycles. The lowest BCUT2D eigenvalue weighted by Gasteiger charge is -2.38. The number of hydrogen-bond acceptors (Lipinski definition) is 4. The molecule has 0 aliphatic carbocycles. The second kappa shape index (κ2) is 11.2. The van der Waals surface area contributed by atoms with Crippen LogP contribution in [0.15, 0.2) is 29.3 Å². The van der Waals surface area contributed by atoms with E-state index in [1.54, 1.807) is 26.3 Å². The third-order valence-corrected chi connectivity index (χ3v) is 5.57. The van der Waals surface area contributed by atoms with E-state index >= 15 is 0 Å². The van der Waals surface area contributed by atoms with Crippen LogP contribution in [0.5, 0.6) is 0 Å². The fourth-order valence-corrected chi connectivity index (χ4v) is 3.83. The van der Waals surface area contributed by atoms with E-state index in [0.717, 1.165) is 63.6 Å². The summed E-state index contributed by atoms with van der Waals surface area (Å²) in [6.45, 7) is 3.93. The molecule has 2 aliphatic rings. The molecular weight excluding hydrogens is 474 g/mol. The Labute approximate surface area is 184 Å². The summed E-state index contributed by atoms with van der Waals surface area (Å²) in [5.41, 5.74) is 0.737. The zero-order valence-corrected chi connectivity index (χ0v) is 19.1. The van der Waals surface area contributed by atoms with Crippen LogP contribution in [0.1, 0.15) is 25.7 Å². The van der Waals surface area contributed by atoms with E-state index in [1.165, 1.54) is 6.07 Å². The van der Waals surface area contributed by atoms with Gasteiger partial charge in [-0.15, -0.1) is 24.0 Å². The highest BCUT2D eigenvalue weighted by molar-refractivity contribution is 14.0. The van der Waals surface area contributed by atoms with Crippen molar-refractivity contribution in [3.63, 3.8) is 0 Å². The summed E-state index contributed by atoms with van der Waals surface area (Å²) >= 11 is 0. The van der Waals surface area contributed by atoms with Gasteiger partial charge in [-0.05, 0) is 31.0 Å². The van der Waals surface area contributed by atoms with Gasteiger partial charge in [-0.2, -0.15) is 0 Å².